The van der Waals surface area contributed by atoms with E-state index in [9.17, 15) is 0 Å². The Morgan fingerprint density at radius 2 is 2.17 bits per heavy atom. The summed E-state index contributed by atoms with van der Waals surface area (Å²) in [4.78, 5) is 8.74. The molecule has 18 heavy (non-hydrogen) atoms. The van der Waals surface area contributed by atoms with E-state index < -0.39 is 0 Å². The molecule has 1 aromatic carbocycles. The molecule has 1 aromatic heterocycles. The van der Waals surface area contributed by atoms with Crippen molar-refractivity contribution >= 4 is 16.9 Å². The van der Waals surface area contributed by atoms with Crippen LogP contribution in [-0.2, 0) is 0 Å². The molecule has 0 aliphatic carbocycles. The van der Waals surface area contributed by atoms with Gasteiger partial charge >= 0.3 is 0 Å². The maximum atomic E-state index is 5.64. The van der Waals surface area contributed by atoms with Crippen LogP contribution in [-0.4, -0.2) is 22.6 Å². The number of fused-ring (bicyclic) bond motifs is 1. The van der Waals surface area contributed by atoms with Crippen LogP contribution in [0.4, 0.5) is 5.95 Å². The first-order chi connectivity index (χ1) is 8.74. The fourth-order valence-electron chi connectivity index (χ4n) is 1.58. The van der Waals surface area contributed by atoms with Crippen molar-refractivity contribution in [2.24, 2.45) is 0 Å². The zero-order valence-electron chi connectivity index (χ0n) is 10.5. The molecule has 0 fully saturated rings. The Bertz CT molecular complexity index is 589. The van der Waals surface area contributed by atoms with Crippen LogP contribution in [0.3, 0.4) is 0 Å². The average Bonchev–Trinajstić information content (AvgIpc) is 2.39. The van der Waals surface area contributed by atoms with Gasteiger partial charge in [0.25, 0.3) is 0 Å². The van der Waals surface area contributed by atoms with E-state index in [1.807, 2.05) is 38.1 Å². The van der Waals surface area contributed by atoms with Gasteiger partial charge in [-0.25, -0.2) is 4.98 Å². The molecule has 0 saturated carbocycles. The van der Waals surface area contributed by atoms with Crippen molar-refractivity contribution in [1.82, 2.24) is 9.97 Å². The second-order valence-corrected chi connectivity index (χ2v) is 3.83. The van der Waals surface area contributed by atoms with Crippen LogP contribution in [0.2, 0.25) is 0 Å². The maximum absolute atomic E-state index is 5.64. The van der Waals surface area contributed by atoms with E-state index >= 15 is 0 Å². The van der Waals surface area contributed by atoms with Crippen molar-refractivity contribution in [3.05, 3.63) is 24.3 Å². The van der Waals surface area contributed by atoms with Crippen molar-refractivity contribution in [2.45, 2.75) is 20.0 Å². The van der Waals surface area contributed by atoms with Crippen molar-refractivity contribution in [2.75, 3.05) is 11.9 Å². The first-order valence-corrected chi connectivity index (χ1v) is 5.88. The highest BCUT2D eigenvalue weighted by Gasteiger charge is 2.10. The third-order valence-electron chi connectivity index (χ3n) is 2.43. The Morgan fingerprint density at radius 1 is 1.39 bits per heavy atom. The molecule has 0 bridgehead atoms. The van der Waals surface area contributed by atoms with Crippen molar-refractivity contribution in [1.29, 1.82) is 0 Å². The highest BCUT2D eigenvalue weighted by molar-refractivity contribution is 5.84. The first kappa shape index (κ1) is 12.2. The normalized spacial score (nSPS) is 11.8. The summed E-state index contributed by atoms with van der Waals surface area (Å²) in [6, 6.07) is 7.69. The van der Waals surface area contributed by atoms with Crippen LogP contribution >= 0.6 is 0 Å². The molecule has 0 aliphatic rings. The third kappa shape index (κ3) is 2.51. The molecule has 1 unspecified atom stereocenters. The van der Waals surface area contributed by atoms with Crippen molar-refractivity contribution < 1.29 is 4.74 Å². The highest BCUT2D eigenvalue weighted by Crippen LogP contribution is 2.24. The summed E-state index contributed by atoms with van der Waals surface area (Å²) >= 11 is 0. The number of para-hydroxylation sites is 1. The van der Waals surface area contributed by atoms with Gasteiger partial charge < -0.3 is 10.1 Å². The Kier molecular flexibility index (Phi) is 3.63. The molecule has 1 atom stereocenters. The van der Waals surface area contributed by atoms with Crippen molar-refractivity contribution in [3.63, 3.8) is 0 Å². The van der Waals surface area contributed by atoms with E-state index in [4.69, 9.17) is 11.2 Å². The Hall–Kier alpha value is -2.28. The summed E-state index contributed by atoms with van der Waals surface area (Å²) in [6.07, 6.45) is 5.01. The molecule has 92 valence electrons. The van der Waals surface area contributed by atoms with Gasteiger partial charge in [-0.15, -0.1) is 6.42 Å². The predicted molar refractivity (Wildman–Crippen MR) is 72.6 cm³/mol. The Balaban J connectivity index is 2.50. The lowest BCUT2D eigenvalue weighted by molar-refractivity contribution is 0.272. The van der Waals surface area contributed by atoms with Gasteiger partial charge in [-0.05, 0) is 26.0 Å². The van der Waals surface area contributed by atoms with Gasteiger partial charge in [0, 0.05) is 6.54 Å². The van der Waals surface area contributed by atoms with Crippen LogP contribution in [0.1, 0.15) is 13.8 Å². The lowest BCUT2D eigenvalue weighted by Gasteiger charge is -2.12. The Morgan fingerprint density at radius 3 is 2.89 bits per heavy atom. The average molecular weight is 241 g/mol. The minimum absolute atomic E-state index is 0.321. The monoisotopic (exact) mass is 241 g/mol. The predicted octanol–water partition coefficient (Wildman–Crippen LogP) is 2.46. The zero-order valence-corrected chi connectivity index (χ0v) is 10.5. The van der Waals surface area contributed by atoms with E-state index in [-0.39, 0.29) is 6.10 Å². The van der Waals surface area contributed by atoms with E-state index in [1.54, 1.807) is 0 Å². The summed E-state index contributed by atoms with van der Waals surface area (Å²) in [5.74, 6) is 3.59. The molecular formula is C14H15N3O. The molecule has 0 spiro atoms. The Labute approximate surface area is 106 Å². The van der Waals surface area contributed by atoms with E-state index in [1.165, 1.54) is 0 Å². The number of ether oxygens (including phenoxy) is 1. The number of anilines is 1. The number of nitrogens with one attached hydrogen (secondary N) is 1. The second-order valence-electron chi connectivity index (χ2n) is 3.83. The fourth-order valence-corrected chi connectivity index (χ4v) is 1.58. The standard InChI is InChI=1S/C14H15N3O/c1-4-10(3)18-13-11-8-6-7-9-12(11)16-14(17-13)15-5-2/h1,6-10H,5H2,2-3H3,(H,15,16,17). The molecule has 4 heteroatoms. The van der Waals surface area contributed by atoms with Crippen LogP contribution in [0.25, 0.3) is 10.9 Å². The van der Waals surface area contributed by atoms with Gasteiger partial charge in [-0.2, -0.15) is 4.98 Å². The number of terminal acetylenes is 1. The molecule has 2 rings (SSSR count). The number of aromatic nitrogens is 2. The van der Waals surface area contributed by atoms with Gasteiger partial charge in [-0.1, -0.05) is 18.1 Å². The van der Waals surface area contributed by atoms with Gasteiger partial charge in [0.1, 0.15) is 0 Å². The third-order valence-corrected chi connectivity index (χ3v) is 2.43. The first-order valence-electron chi connectivity index (χ1n) is 5.88. The van der Waals surface area contributed by atoms with Crippen LogP contribution in [0.15, 0.2) is 24.3 Å². The number of nitrogens with zero attached hydrogens (tertiary/aromatic N) is 2. The summed E-state index contributed by atoms with van der Waals surface area (Å²) in [7, 11) is 0. The second kappa shape index (κ2) is 5.37. The molecule has 0 amide bonds. The lowest BCUT2D eigenvalue weighted by atomic mass is 10.2. The SMILES string of the molecule is C#CC(C)Oc1nc(NCC)nc2ccccc12. The van der Waals surface area contributed by atoms with Crippen LogP contribution in [0, 0.1) is 12.3 Å². The lowest BCUT2D eigenvalue weighted by Crippen LogP contribution is -2.11. The molecular weight excluding hydrogens is 226 g/mol. The molecule has 2 aromatic rings. The highest BCUT2D eigenvalue weighted by atomic mass is 16.5. The van der Waals surface area contributed by atoms with Gasteiger partial charge in [0.2, 0.25) is 11.8 Å². The van der Waals surface area contributed by atoms with Gasteiger partial charge in [0.15, 0.2) is 6.10 Å². The molecule has 0 saturated heterocycles. The molecule has 1 N–H and O–H groups in total. The zero-order chi connectivity index (χ0) is 13.0. The van der Waals surface area contributed by atoms with Gasteiger partial charge in [-0.3, -0.25) is 0 Å². The summed E-state index contributed by atoms with van der Waals surface area (Å²) in [5.41, 5.74) is 0.836. The van der Waals surface area contributed by atoms with Gasteiger partial charge in [0.05, 0.1) is 10.9 Å². The van der Waals surface area contributed by atoms with E-state index in [0.717, 1.165) is 17.4 Å². The smallest absolute Gasteiger partial charge is 0.227 e. The number of hydrogen-bond donors (Lipinski definition) is 1. The number of rotatable bonds is 4. The van der Waals surface area contributed by atoms with E-state index in [2.05, 4.69) is 21.2 Å². The minimum atomic E-state index is -0.321. The molecule has 0 radical (unpaired) electrons. The van der Waals surface area contributed by atoms with Crippen LogP contribution in [0.5, 0.6) is 5.88 Å². The number of hydrogen-bond acceptors (Lipinski definition) is 4. The molecule has 1 heterocycles. The van der Waals surface area contributed by atoms with Crippen molar-refractivity contribution in [3.8, 4) is 18.2 Å². The quantitative estimate of drug-likeness (QED) is 0.835. The topological polar surface area (TPSA) is 47.0 Å². The summed E-state index contributed by atoms with van der Waals surface area (Å²) in [6.45, 7) is 4.55. The molecule has 0 aliphatic heterocycles. The fraction of sp³-hybridized carbons (Fsp3) is 0.286. The van der Waals surface area contributed by atoms with E-state index in [0.29, 0.717) is 11.8 Å². The molecule has 4 nitrogen and oxygen atoms in total. The summed E-state index contributed by atoms with van der Waals surface area (Å²) < 4.78 is 5.64. The minimum Gasteiger partial charge on any atom is -0.461 e. The maximum Gasteiger partial charge on any atom is 0.227 e. The largest absolute Gasteiger partial charge is 0.461 e. The number of benzene rings is 1. The summed E-state index contributed by atoms with van der Waals surface area (Å²) in [5, 5.41) is 3.94. The van der Waals surface area contributed by atoms with Crippen LogP contribution < -0.4 is 10.1 Å².